The standard InChI is InChI=1S/C13H13FN2O2S/c1-8-7-15-13(19-8)16-12(17)9(2)18-11-5-3-10(14)4-6-11/h3-7,9H,1-2H3,(H,15,16,17)/t9-/m1/s1. The van der Waals surface area contributed by atoms with Crippen LogP contribution in [0.1, 0.15) is 11.8 Å². The summed E-state index contributed by atoms with van der Waals surface area (Å²) in [5.41, 5.74) is 0. The Balaban J connectivity index is 1.94. The minimum Gasteiger partial charge on any atom is -0.481 e. The first-order valence-electron chi connectivity index (χ1n) is 5.70. The number of hydrogen-bond donors (Lipinski definition) is 1. The maximum absolute atomic E-state index is 12.7. The first kappa shape index (κ1) is 13.5. The van der Waals surface area contributed by atoms with Crippen LogP contribution < -0.4 is 10.1 Å². The quantitative estimate of drug-likeness (QED) is 0.936. The predicted molar refractivity (Wildman–Crippen MR) is 72.0 cm³/mol. The average Bonchev–Trinajstić information content (AvgIpc) is 2.77. The first-order chi connectivity index (χ1) is 9.04. The maximum Gasteiger partial charge on any atom is 0.266 e. The minimum absolute atomic E-state index is 0.293. The highest BCUT2D eigenvalue weighted by atomic mass is 32.1. The van der Waals surface area contributed by atoms with Gasteiger partial charge in [0.1, 0.15) is 11.6 Å². The molecule has 1 aromatic heterocycles. The highest BCUT2D eigenvalue weighted by molar-refractivity contribution is 7.15. The summed E-state index contributed by atoms with van der Waals surface area (Å²) in [7, 11) is 0. The Morgan fingerprint density at radius 1 is 1.42 bits per heavy atom. The minimum atomic E-state index is -0.685. The van der Waals surface area contributed by atoms with Crippen LogP contribution in [-0.4, -0.2) is 17.0 Å². The molecule has 0 aliphatic carbocycles. The molecule has 100 valence electrons. The summed E-state index contributed by atoms with van der Waals surface area (Å²) in [6, 6.07) is 5.52. The molecule has 1 heterocycles. The Kier molecular flexibility index (Phi) is 4.11. The van der Waals surface area contributed by atoms with Crippen molar-refractivity contribution in [1.82, 2.24) is 4.98 Å². The van der Waals surface area contributed by atoms with Crippen LogP contribution >= 0.6 is 11.3 Å². The Labute approximate surface area is 114 Å². The van der Waals surface area contributed by atoms with Crippen LogP contribution in [0.5, 0.6) is 5.75 Å². The zero-order valence-electron chi connectivity index (χ0n) is 10.5. The third-order valence-corrected chi connectivity index (χ3v) is 3.18. The van der Waals surface area contributed by atoms with E-state index in [0.29, 0.717) is 10.9 Å². The monoisotopic (exact) mass is 280 g/mol. The van der Waals surface area contributed by atoms with E-state index in [1.807, 2.05) is 6.92 Å². The Hall–Kier alpha value is -1.95. The molecule has 0 spiro atoms. The molecule has 0 aliphatic heterocycles. The number of nitrogens with one attached hydrogen (secondary N) is 1. The number of amides is 1. The fourth-order valence-electron chi connectivity index (χ4n) is 1.39. The summed E-state index contributed by atoms with van der Waals surface area (Å²) in [5, 5.41) is 3.20. The van der Waals surface area contributed by atoms with Crippen LogP contribution in [0.15, 0.2) is 30.5 Å². The molecule has 2 rings (SSSR count). The van der Waals surface area contributed by atoms with Gasteiger partial charge in [-0.2, -0.15) is 0 Å². The first-order valence-corrected chi connectivity index (χ1v) is 6.52. The van der Waals surface area contributed by atoms with Gasteiger partial charge in [-0.1, -0.05) is 0 Å². The van der Waals surface area contributed by atoms with E-state index in [1.54, 1.807) is 13.1 Å². The van der Waals surface area contributed by atoms with Gasteiger partial charge in [0.25, 0.3) is 5.91 Å². The number of aryl methyl sites for hydroxylation is 1. The molecule has 0 saturated carbocycles. The van der Waals surface area contributed by atoms with E-state index in [-0.39, 0.29) is 11.7 Å². The molecule has 19 heavy (non-hydrogen) atoms. The number of aromatic nitrogens is 1. The van der Waals surface area contributed by atoms with Crippen molar-refractivity contribution in [3.63, 3.8) is 0 Å². The molecular weight excluding hydrogens is 267 g/mol. The summed E-state index contributed by atoms with van der Waals surface area (Å²) in [6.45, 7) is 3.53. The Morgan fingerprint density at radius 2 is 2.11 bits per heavy atom. The number of ether oxygens (including phenoxy) is 1. The third-order valence-electron chi connectivity index (χ3n) is 2.35. The van der Waals surface area contributed by atoms with E-state index in [1.165, 1.54) is 35.6 Å². The number of anilines is 1. The normalized spacial score (nSPS) is 11.9. The van der Waals surface area contributed by atoms with E-state index in [4.69, 9.17) is 4.74 Å². The van der Waals surface area contributed by atoms with Crippen LogP contribution in [0.3, 0.4) is 0 Å². The van der Waals surface area contributed by atoms with Gasteiger partial charge >= 0.3 is 0 Å². The predicted octanol–water partition coefficient (Wildman–Crippen LogP) is 3.00. The fourth-order valence-corrected chi connectivity index (χ4v) is 2.06. The summed E-state index contributed by atoms with van der Waals surface area (Å²) >= 11 is 1.39. The lowest BCUT2D eigenvalue weighted by Gasteiger charge is -2.13. The number of carbonyl (C=O) groups excluding carboxylic acids is 1. The third kappa shape index (κ3) is 3.75. The zero-order chi connectivity index (χ0) is 13.8. The smallest absolute Gasteiger partial charge is 0.266 e. The molecule has 1 atom stereocenters. The largest absolute Gasteiger partial charge is 0.481 e. The van der Waals surface area contributed by atoms with Crippen molar-refractivity contribution >= 4 is 22.4 Å². The van der Waals surface area contributed by atoms with Gasteiger partial charge < -0.3 is 4.74 Å². The molecule has 4 nitrogen and oxygen atoms in total. The van der Waals surface area contributed by atoms with Crippen molar-refractivity contribution in [2.24, 2.45) is 0 Å². The van der Waals surface area contributed by atoms with Gasteiger partial charge in [-0.3, -0.25) is 10.1 Å². The molecule has 1 N–H and O–H groups in total. The molecule has 0 aliphatic rings. The summed E-state index contributed by atoms with van der Waals surface area (Å²) in [4.78, 5) is 16.9. The van der Waals surface area contributed by atoms with Crippen LogP contribution in [0.25, 0.3) is 0 Å². The molecule has 1 amide bonds. The van der Waals surface area contributed by atoms with Crippen LogP contribution in [0.4, 0.5) is 9.52 Å². The van der Waals surface area contributed by atoms with Gasteiger partial charge in [-0.15, -0.1) is 11.3 Å². The van der Waals surface area contributed by atoms with E-state index in [9.17, 15) is 9.18 Å². The second-order valence-electron chi connectivity index (χ2n) is 3.98. The van der Waals surface area contributed by atoms with Crippen molar-refractivity contribution in [3.8, 4) is 5.75 Å². The molecule has 0 bridgehead atoms. The lowest BCUT2D eigenvalue weighted by atomic mass is 10.3. The summed E-state index contributed by atoms with van der Waals surface area (Å²) < 4.78 is 18.1. The lowest BCUT2D eigenvalue weighted by Crippen LogP contribution is -2.30. The van der Waals surface area contributed by atoms with Gasteiger partial charge in [0.2, 0.25) is 0 Å². The highest BCUT2D eigenvalue weighted by Gasteiger charge is 2.16. The SMILES string of the molecule is Cc1cnc(NC(=O)[C@@H](C)Oc2ccc(F)cc2)s1. The van der Waals surface area contributed by atoms with E-state index in [0.717, 1.165) is 4.88 Å². The summed E-state index contributed by atoms with van der Waals surface area (Å²) in [5.74, 6) is -0.194. The van der Waals surface area contributed by atoms with Crippen LogP contribution in [0.2, 0.25) is 0 Å². The molecule has 0 unspecified atom stereocenters. The van der Waals surface area contributed by atoms with Gasteiger partial charge in [0, 0.05) is 11.1 Å². The number of halogens is 1. The highest BCUT2D eigenvalue weighted by Crippen LogP contribution is 2.18. The van der Waals surface area contributed by atoms with Crippen LogP contribution in [-0.2, 0) is 4.79 Å². The molecule has 2 aromatic rings. The summed E-state index contributed by atoms with van der Waals surface area (Å²) in [6.07, 6.45) is 1.00. The fraction of sp³-hybridized carbons (Fsp3) is 0.231. The molecule has 0 saturated heterocycles. The Bertz CT molecular complexity index is 568. The number of benzene rings is 1. The number of hydrogen-bond acceptors (Lipinski definition) is 4. The lowest BCUT2D eigenvalue weighted by molar-refractivity contribution is -0.122. The number of rotatable bonds is 4. The van der Waals surface area contributed by atoms with Gasteiger partial charge in [-0.05, 0) is 38.1 Å². The van der Waals surface area contributed by atoms with E-state index >= 15 is 0 Å². The second-order valence-corrected chi connectivity index (χ2v) is 5.21. The van der Waals surface area contributed by atoms with Gasteiger partial charge in [0.05, 0.1) is 0 Å². The van der Waals surface area contributed by atoms with Crippen molar-refractivity contribution in [3.05, 3.63) is 41.2 Å². The second kappa shape index (κ2) is 5.79. The van der Waals surface area contributed by atoms with Crippen molar-refractivity contribution in [2.45, 2.75) is 20.0 Å². The molecule has 0 radical (unpaired) electrons. The van der Waals surface area contributed by atoms with Gasteiger partial charge in [-0.25, -0.2) is 9.37 Å². The number of thiazole rings is 1. The van der Waals surface area contributed by atoms with Gasteiger partial charge in [0.15, 0.2) is 11.2 Å². The molecule has 0 fully saturated rings. The number of carbonyl (C=O) groups is 1. The van der Waals surface area contributed by atoms with Crippen molar-refractivity contribution in [2.75, 3.05) is 5.32 Å². The Morgan fingerprint density at radius 3 is 2.68 bits per heavy atom. The maximum atomic E-state index is 12.7. The van der Waals surface area contributed by atoms with Crippen molar-refractivity contribution < 1.29 is 13.9 Å². The molecule has 6 heteroatoms. The average molecular weight is 280 g/mol. The van der Waals surface area contributed by atoms with E-state index < -0.39 is 6.10 Å². The molecule has 1 aromatic carbocycles. The number of nitrogens with zero attached hydrogens (tertiary/aromatic N) is 1. The molecular formula is C13H13FN2O2S. The van der Waals surface area contributed by atoms with Crippen molar-refractivity contribution in [1.29, 1.82) is 0 Å². The van der Waals surface area contributed by atoms with E-state index in [2.05, 4.69) is 10.3 Å². The zero-order valence-corrected chi connectivity index (χ0v) is 11.3. The van der Waals surface area contributed by atoms with Crippen LogP contribution in [0, 0.1) is 12.7 Å². The topological polar surface area (TPSA) is 51.2 Å².